The average Bonchev–Trinajstić information content (AvgIpc) is 2.47. The second-order valence-electron chi connectivity index (χ2n) is 3.74. The van der Waals surface area contributed by atoms with Crippen LogP contribution in [0.2, 0.25) is 0 Å². The molecule has 0 bridgehead atoms. The monoisotopic (exact) mass is 318 g/mol. The van der Waals surface area contributed by atoms with Crippen LogP contribution < -0.4 is 9.64 Å². The van der Waals surface area contributed by atoms with Crippen molar-refractivity contribution in [3.05, 3.63) is 40.5 Å². The van der Waals surface area contributed by atoms with Crippen LogP contribution in [-0.2, 0) is 0 Å². The van der Waals surface area contributed by atoms with Crippen molar-refractivity contribution in [2.75, 3.05) is 19.1 Å². The summed E-state index contributed by atoms with van der Waals surface area (Å²) in [5, 5.41) is 8.77. The number of methoxy groups -OCH3 is 1. The molecule has 2 aromatic rings. The highest BCUT2D eigenvalue weighted by Gasteiger charge is 2.10. The molecule has 5 nitrogen and oxygen atoms in total. The average molecular weight is 319 g/mol. The summed E-state index contributed by atoms with van der Waals surface area (Å²) in [6, 6.07) is 9.27. The topological polar surface area (TPSA) is 62.0 Å². The summed E-state index contributed by atoms with van der Waals surface area (Å²) in [6.07, 6.45) is 1.64. The van der Waals surface area contributed by atoms with Gasteiger partial charge in [0, 0.05) is 12.7 Å². The molecular weight excluding hydrogens is 308 g/mol. The predicted molar refractivity (Wildman–Crippen MR) is 75.5 cm³/mol. The normalized spacial score (nSPS) is 9.79. The smallest absolute Gasteiger partial charge is 0.232 e. The van der Waals surface area contributed by atoms with E-state index >= 15 is 0 Å². The van der Waals surface area contributed by atoms with Gasteiger partial charge in [0.2, 0.25) is 11.8 Å². The lowest BCUT2D eigenvalue weighted by molar-refractivity contribution is 0.394. The zero-order valence-corrected chi connectivity index (χ0v) is 12.0. The van der Waals surface area contributed by atoms with Gasteiger partial charge in [0.15, 0.2) is 0 Å². The van der Waals surface area contributed by atoms with Crippen molar-refractivity contribution < 1.29 is 4.74 Å². The highest BCUT2D eigenvalue weighted by molar-refractivity contribution is 9.10. The highest BCUT2D eigenvalue weighted by atomic mass is 79.9. The molecule has 0 unspecified atom stereocenters. The van der Waals surface area contributed by atoms with E-state index in [0.29, 0.717) is 21.9 Å². The molecule has 0 fully saturated rings. The van der Waals surface area contributed by atoms with Crippen molar-refractivity contribution in [2.24, 2.45) is 0 Å². The second kappa shape index (κ2) is 5.67. The van der Waals surface area contributed by atoms with E-state index in [-0.39, 0.29) is 0 Å². The maximum atomic E-state index is 8.77. The molecule has 1 aromatic carbocycles. The number of anilines is 2. The van der Waals surface area contributed by atoms with E-state index in [9.17, 15) is 0 Å². The molecule has 1 heterocycles. The summed E-state index contributed by atoms with van der Waals surface area (Å²) in [5.41, 5.74) is 1.51. The molecule has 0 aliphatic rings. The largest absolute Gasteiger partial charge is 0.480 e. The second-order valence-corrected chi connectivity index (χ2v) is 4.60. The third-order valence-corrected chi connectivity index (χ3v) is 3.12. The van der Waals surface area contributed by atoms with Crippen LogP contribution in [0.3, 0.4) is 0 Å². The van der Waals surface area contributed by atoms with Gasteiger partial charge in [-0.2, -0.15) is 10.2 Å². The Labute approximate surface area is 119 Å². The molecule has 6 heteroatoms. The summed E-state index contributed by atoms with van der Waals surface area (Å²) in [5.74, 6) is 0.996. The minimum Gasteiger partial charge on any atom is -0.480 e. The van der Waals surface area contributed by atoms with Crippen LogP contribution in [0.25, 0.3) is 0 Å². The van der Waals surface area contributed by atoms with E-state index in [0.717, 1.165) is 5.69 Å². The molecule has 2 rings (SSSR count). The molecule has 96 valence electrons. The Kier molecular flexibility index (Phi) is 3.97. The number of benzene rings is 1. The molecule has 0 spiro atoms. The van der Waals surface area contributed by atoms with Crippen molar-refractivity contribution in [1.82, 2.24) is 9.97 Å². The summed E-state index contributed by atoms with van der Waals surface area (Å²) in [6.45, 7) is 0. The SMILES string of the molecule is COc1nc(N(C)c2ccc(C#N)cc2)ncc1Br. The number of ether oxygens (including phenoxy) is 1. The molecule has 0 aliphatic heterocycles. The fraction of sp³-hybridized carbons (Fsp3) is 0.154. The standard InChI is InChI=1S/C13H11BrN4O/c1-18(10-5-3-9(7-15)4-6-10)13-16-8-11(14)12(17-13)19-2/h3-6,8H,1-2H3. The molecule has 0 N–H and O–H groups in total. The van der Waals surface area contributed by atoms with Crippen LogP contribution in [0.1, 0.15) is 5.56 Å². The number of hydrogen-bond donors (Lipinski definition) is 0. The Morgan fingerprint density at radius 1 is 1.32 bits per heavy atom. The van der Waals surface area contributed by atoms with E-state index in [1.807, 2.05) is 24.1 Å². The third kappa shape index (κ3) is 2.83. The summed E-state index contributed by atoms with van der Waals surface area (Å²) < 4.78 is 5.84. The Balaban J connectivity index is 2.32. The quantitative estimate of drug-likeness (QED) is 0.870. The number of rotatable bonds is 3. The summed E-state index contributed by atoms with van der Waals surface area (Å²) in [4.78, 5) is 10.3. The third-order valence-electron chi connectivity index (χ3n) is 2.58. The molecule has 0 atom stereocenters. The Morgan fingerprint density at radius 3 is 2.58 bits per heavy atom. The first-order valence-corrected chi connectivity index (χ1v) is 6.25. The van der Waals surface area contributed by atoms with Crippen molar-refractivity contribution in [3.63, 3.8) is 0 Å². The Bertz CT molecular complexity index is 622. The van der Waals surface area contributed by atoms with Gasteiger partial charge in [-0.1, -0.05) is 0 Å². The van der Waals surface area contributed by atoms with Crippen molar-refractivity contribution >= 4 is 27.6 Å². The Morgan fingerprint density at radius 2 is 2.00 bits per heavy atom. The van der Waals surface area contributed by atoms with Gasteiger partial charge >= 0.3 is 0 Å². The van der Waals surface area contributed by atoms with Crippen LogP contribution >= 0.6 is 15.9 Å². The molecule has 0 radical (unpaired) electrons. The van der Waals surface area contributed by atoms with Crippen LogP contribution in [0.4, 0.5) is 11.6 Å². The number of halogens is 1. The van der Waals surface area contributed by atoms with Crippen molar-refractivity contribution in [3.8, 4) is 11.9 Å². The first-order chi connectivity index (χ1) is 9.15. The van der Waals surface area contributed by atoms with Gasteiger partial charge in [-0.25, -0.2) is 4.98 Å². The molecule has 0 aliphatic carbocycles. The van der Waals surface area contributed by atoms with E-state index in [1.54, 1.807) is 25.4 Å². The van der Waals surface area contributed by atoms with Crippen molar-refractivity contribution in [1.29, 1.82) is 5.26 Å². The number of nitrogens with zero attached hydrogens (tertiary/aromatic N) is 4. The summed E-state index contributed by atoms with van der Waals surface area (Å²) in [7, 11) is 3.41. The molecule has 1 aromatic heterocycles. The van der Waals surface area contributed by atoms with Crippen LogP contribution in [0.15, 0.2) is 34.9 Å². The lowest BCUT2D eigenvalue weighted by Crippen LogP contribution is -2.13. The molecule has 0 saturated carbocycles. The number of nitriles is 1. The zero-order valence-electron chi connectivity index (χ0n) is 10.5. The Hall–Kier alpha value is -2.13. The van der Waals surface area contributed by atoms with Crippen LogP contribution in [0, 0.1) is 11.3 Å². The fourth-order valence-corrected chi connectivity index (χ4v) is 1.88. The van der Waals surface area contributed by atoms with Gasteiger partial charge in [0.25, 0.3) is 0 Å². The van der Waals surface area contributed by atoms with Crippen molar-refractivity contribution in [2.45, 2.75) is 0 Å². The zero-order chi connectivity index (χ0) is 13.8. The first-order valence-electron chi connectivity index (χ1n) is 5.46. The van der Waals surface area contributed by atoms with Gasteiger partial charge in [0.1, 0.15) is 0 Å². The predicted octanol–water partition coefficient (Wildman–Crippen LogP) is 2.89. The fourth-order valence-electron chi connectivity index (χ4n) is 1.52. The lowest BCUT2D eigenvalue weighted by Gasteiger charge is -2.17. The highest BCUT2D eigenvalue weighted by Crippen LogP contribution is 2.26. The van der Waals surface area contributed by atoms with Gasteiger partial charge in [-0.3, -0.25) is 0 Å². The van der Waals surface area contributed by atoms with E-state index < -0.39 is 0 Å². The minimum absolute atomic E-state index is 0.477. The molecule has 0 saturated heterocycles. The number of hydrogen-bond acceptors (Lipinski definition) is 5. The number of aromatic nitrogens is 2. The molecule has 19 heavy (non-hydrogen) atoms. The lowest BCUT2D eigenvalue weighted by atomic mass is 10.2. The van der Waals surface area contributed by atoms with Gasteiger partial charge < -0.3 is 9.64 Å². The maximum absolute atomic E-state index is 8.77. The van der Waals surface area contributed by atoms with Crippen LogP contribution in [-0.4, -0.2) is 24.1 Å². The molecule has 0 amide bonds. The molecular formula is C13H11BrN4O. The van der Waals surface area contributed by atoms with E-state index in [2.05, 4.69) is 32.0 Å². The van der Waals surface area contributed by atoms with Gasteiger partial charge in [0.05, 0.1) is 29.4 Å². The summed E-state index contributed by atoms with van der Waals surface area (Å²) >= 11 is 3.31. The first kappa shape index (κ1) is 13.3. The van der Waals surface area contributed by atoms with Crippen LogP contribution in [0.5, 0.6) is 5.88 Å². The van der Waals surface area contributed by atoms with E-state index in [1.165, 1.54) is 0 Å². The minimum atomic E-state index is 0.477. The van der Waals surface area contributed by atoms with Gasteiger partial charge in [-0.15, -0.1) is 0 Å². The van der Waals surface area contributed by atoms with E-state index in [4.69, 9.17) is 10.00 Å². The maximum Gasteiger partial charge on any atom is 0.232 e. The van der Waals surface area contributed by atoms with Gasteiger partial charge in [-0.05, 0) is 40.2 Å².